The van der Waals surface area contributed by atoms with Crippen LogP contribution in [-0.4, -0.2) is 34.6 Å². The Hall–Kier alpha value is -1.11. The number of amides is 2. The topological polar surface area (TPSA) is 49.4 Å². The van der Waals surface area contributed by atoms with Crippen LogP contribution in [0.1, 0.15) is 50.2 Å². The van der Waals surface area contributed by atoms with Crippen LogP contribution in [0, 0.1) is 0 Å². The Morgan fingerprint density at radius 2 is 1.47 bits per heavy atom. The number of carbonyl (C=O) groups excluding carboxylic acids is 2. The summed E-state index contributed by atoms with van der Waals surface area (Å²) >= 11 is 26.7. The maximum absolute atomic E-state index is 13.3. The predicted molar refractivity (Wildman–Crippen MR) is 144 cm³/mol. The van der Waals surface area contributed by atoms with E-state index < -0.39 is 6.04 Å². The van der Waals surface area contributed by atoms with Crippen LogP contribution in [0.5, 0.6) is 0 Å². The van der Waals surface area contributed by atoms with Crippen molar-refractivity contribution in [3.63, 3.8) is 0 Å². The second kappa shape index (κ2) is 13.3. The van der Waals surface area contributed by atoms with Gasteiger partial charge in [0.2, 0.25) is 11.8 Å². The predicted octanol–water partition coefficient (Wildman–Crippen LogP) is 7.40. The molecule has 1 saturated carbocycles. The Kier molecular flexibility index (Phi) is 10.7. The fourth-order valence-corrected chi connectivity index (χ4v) is 6.16. The van der Waals surface area contributed by atoms with Crippen molar-refractivity contribution >= 4 is 70.0 Å². The average Bonchev–Trinajstić information content (AvgIpc) is 2.81. The molecular formula is C25H28Cl4N2O2S. The van der Waals surface area contributed by atoms with Gasteiger partial charge in [-0.05, 0) is 49.6 Å². The summed E-state index contributed by atoms with van der Waals surface area (Å²) < 4.78 is 0. The van der Waals surface area contributed by atoms with Crippen molar-refractivity contribution < 1.29 is 9.59 Å². The number of nitrogens with zero attached hydrogens (tertiary/aromatic N) is 1. The molecule has 4 nitrogen and oxygen atoms in total. The van der Waals surface area contributed by atoms with Crippen LogP contribution in [0.4, 0.5) is 0 Å². The van der Waals surface area contributed by atoms with Gasteiger partial charge in [0.25, 0.3) is 0 Å². The first-order valence-electron chi connectivity index (χ1n) is 11.3. The monoisotopic (exact) mass is 560 g/mol. The molecule has 0 saturated heterocycles. The highest BCUT2D eigenvalue weighted by molar-refractivity contribution is 7.99. The number of benzene rings is 2. The second-order valence-corrected chi connectivity index (χ2v) is 11.0. The number of nitrogens with one attached hydrogen (secondary N) is 1. The molecule has 0 unspecified atom stereocenters. The van der Waals surface area contributed by atoms with Gasteiger partial charge in [0.05, 0.1) is 5.75 Å². The third kappa shape index (κ3) is 7.44. The molecule has 1 fully saturated rings. The number of hydrogen-bond donors (Lipinski definition) is 1. The van der Waals surface area contributed by atoms with Gasteiger partial charge in [-0.25, -0.2) is 0 Å². The molecule has 2 aromatic rings. The maximum atomic E-state index is 13.3. The smallest absolute Gasteiger partial charge is 0.242 e. The minimum Gasteiger partial charge on any atom is -0.352 e. The van der Waals surface area contributed by atoms with Gasteiger partial charge >= 0.3 is 0 Å². The summed E-state index contributed by atoms with van der Waals surface area (Å²) in [6, 6.07) is 10.0. The summed E-state index contributed by atoms with van der Waals surface area (Å²) in [6.45, 7) is 1.89. The van der Waals surface area contributed by atoms with Crippen LogP contribution < -0.4 is 5.32 Å². The molecule has 1 atom stereocenters. The molecule has 1 aliphatic carbocycles. The van der Waals surface area contributed by atoms with E-state index in [2.05, 4.69) is 5.32 Å². The van der Waals surface area contributed by atoms with E-state index in [4.69, 9.17) is 46.4 Å². The standard InChI is InChI=1S/C25H28Cl4N2O2S/c1-16(25(33)30-17-7-3-2-4-8-17)31(13-18-20(26)9-5-10-21(18)27)24(32)15-34-14-19-22(28)11-6-12-23(19)29/h5-6,9-12,16-17H,2-4,7-8,13-15H2,1H3,(H,30,33)/t16-/m0/s1. The zero-order valence-electron chi connectivity index (χ0n) is 19.0. The fourth-order valence-electron chi connectivity index (χ4n) is 4.00. The van der Waals surface area contributed by atoms with Crippen LogP contribution in [-0.2, 0) is 21.9 Å². The van der Waals surface area contributed by atoms with Crippen LogP contribution in [0.15, 0.2) is 36.4 Å². The summed E-state index contributed by atoms with van der Waals surface area (Å²) in [6.07, 6.45) is 5.36. The quantitative estimate of drug-likeness (QED) is 0.347. The molecule has 0 aliphatic heterocycles. The van der Waals surface area contributed by atoms with E-state index in [9.17, 15) is 9.59 Å². The molecule has 9 heteroatoms. The van der Waals surface area contributed by atoms with E-state index >= 15 is 0 Å². The minimum atomic E-state index is -0.675. The van der Waals surface area contributed by atoms with Crippen LogP contribution >= 0.6 is 58.2 Å². The highest BCUT2D eigenvalue weighted by Crippen LogP contribution is 2.30. The van der Waals surface area contributed by atoms with Crippen molar-refractivity contribution in [2.75, 3.05) is 5.75 Å². The normalized spacial score (nSPS) is 15.1. The Labute approximate surface area is 225 Å². The first-order valence-corrected chi connectivity index (χ1v) is 14.0. The lowest BCUT2D eigenvalue weighted by molar-refractivity contribution is -0.139. The van der Waals surface area contributed by atoms with Crippen molar-refractivity contribution in [2.24, 2.45) is 0 Å². The van der Waals surface area contributed by atoms with Crippen molar-refractivity contribution in [1.82, 2.24) is 10.2 Å². The first kappa shape index (κ1) is 27.5. The lowest BCUT2D eigenvalue weighted by atomic mass is 9.95. The van der Waals surface area contributed by atoms with Crippen molar-refractivity contribution in [2.45, 2.75) is 63.4 Å². The van der Waals surface area contributed by atoms with Gasteiger partial charge in [-0.3, -0.25) is 9.59 Å². The van der Waals surface area contributed by atoms with E-state index in [1.165, 1.54) is 18.2 Å². The maximum Gasteiger partial charge on any atom is 0.242 e. The van der Waals surface area contributed by atoms with Gasteiger partial charge < -0.3 is 10.2 Å². The largest absolute Gasteiger partial charge is 0.352 e. The Morgan fingerprint density at radius 3 is 2.03 bits per heavy atom. The number of halogens is 4. The number of thioether (sulfide) groups is 1. The SMILES string of the molecule is C[C@@H](C(=O)NC1CCCCC1)N(Cc1c(Cl)cccc1Cl)C(=O)CSCc1c(Cl)cccc1Cl. The van der Waals surface area contributed by atoms with Gasteiger partial charge in [0.15, 0.2) is 0 Å². The summed E-state index contributed by atoms with van der Waals surface area (Å²) in [5.74, 6) is 0.288. The molecule has 0 radical (unpaired) electrons. The van der Waals surface area contributed by atoms with Gasteiger partial charge in [-0.15, -0.1) is 11.8 Å². The summed E-state index contributed by atoms with van der Waals surface area (Å²) in [7, 11) is 0. The highest BCUT2D eigenvalue weighted by atomic mass is 35.5. The number of rotatable bonds is 9. The zero-order chi connectivity index (χ0) is 24.7. The van der Waals surface area contributed by atoms with E-state index in [-0.39, 0.29) is 30.2 Å². The minimum absolute atomic E-state index is 0.143. The molecular weight excluding hydrogens is 534 g/mol. The molecule has 0 spiro atoms. The summed E-state index contributed by atoms with van der Waals surface area (Å²) in [5, 5.41) is 5.17. The molecule has 0 bridgehead atoms. The van der Waals surface area contributed by atoms with Crippen molar-refractivity contribution in [1.29, 1.82) is 0 Å². The zero-order valence-corrected chi connectivity index (χ0v) is 22.8. The van der Waals surface area contributed by atoms with E-state index in [0.717, 1.165) is 31.2 Å². The van der Waals surface area contributed by atoms with Crippen molar-refractivity contribution in [3.05, 3.63) is 67.6 Å². The molecule has 184 valence electrons. The molecule has 0 aromatic heterocycles. The number of carbonyl (C=O) groups is 2. The summed E-state index contributed by atoms with van der Waals surface area (Å²) in [4.78, 5) is 28.0. The average molecular weight is 562 g/mol. The lowest BCUT2D eigenvalue weighted by Gasteiger charge is -2.31. The number of hydrogen-bond acceptors (Lipinski definition) is 3. The van der Waals surface area contributed by atoms with Gasteiger partial charge in [-0.1, -0.05) is 77.8 Å². The molecule has 2 aromatic carbocycles. The molecule has 1 aliphatic rings. The molecule has 34 heavy (non-hydrogen) atoms. The van der Waals surface area contributed by atoms with E-state index in [1.807, 2.05) is 0 Å². The third-order valence-electron chi connectivity index (χ3n) is 6.04. The lowest BCUT2D eigenvalue weighted by Crippen LogP contribution is -2.50. The van der Waals surface area contributed by atoms with Crippen LogP contribution in [0.3, 0.4) is 0 Å². The molecule has 0 heterocycles. The van der Waals surface area contributed by atoms with E-state index in [0.29, 0.717) is 31.4 Å². The Balaban J connectivity index is 1.73. The Bertz CT molecular complexity index is 974. The molecule has 3 rings (SSSR count). The molecule has 1 N–H and O–H groups in total. The third-order valence-corrected chi connectivity index (χ3v) is 8.40. The summed E-state index contributed by atoms with van der Waals surface area (Å²) in [5.41, 5.74) is 1.41. The molecule has 2 amide bonds. The van der Waals surface area contributed by atoms with Gasteiger partial charge in [0, 0.05) is 44.0 Å². The highest BCUT2D eigenvalue weighted by Gasteiger charge is 2.29. The van der Waals surface area contributed by atoms with Crippen LogP contribution in [0.25, 0.3) is 0 Å². The van der Waals surface area contributed by atoms with Gasteiger partial charge in [-0.2, -0.15) is 0 Å². The second-order valence-electron chi connectivity index (χ2n) is 8.43. The fraction of sp³-hybridized carbons (Fsp3) is 0.440. The van der Waals surface area contributed by atoms with E-state index in [1.54, 1.807) is 48.2 Å². The van der Waals surface area contributed by atoms with Gasteiger partial charge in [0.1, 0.15) is 6.04 Å². The Morgan fingerprint density at radius 1 is 0.941 bits per heavy atom. The van der Waals surface area contributed by atoms with Crippen molar-refractivity contribution in [3.8, 4) is 0 Å². The van der Waals surface area contributed by atoms with Crippen LogP contribution in [0.2, 0.25) is 20.1 Å². The first-order chi connectivity index (χ1) is 16.3.